The zero-order chi connectivity index (χ0) is 12.1. The lowest BCUT2D eigenvalue weighted by atomic mass is 9.95. The number of primary amides is 1. The van der Waals surface area contributed by atoms with Gasteiger partial charge in [0.25, 0.3) is 0 Å². The number of aliphatic carboxylic acids is 1. The van der Waals surface area contributed by atoms with E-state index in [9.17, 15) is 9.59 Å². The van der Waals surface area contributed by atoms with Crippen LogP contribution in [0.2, 0.25) is 0 Å². The summed E-state index contributed by atoms with van der Waals surface area (Å²) in [6, 6.07) is 0. The van der Waals surface area contributed by atoms with E-state index < -0.39 is 17.4 Å². The minimum Gasteiger partial charge on any atom is -0.480 e. The molecule has 5 heteroatoms. The molecule has 0 saturated carbocycles. The Bertz CT molecular complexity index is 243. The average Bonchev–Trinajstić information content (AvgIpc) is 2.14. The summed E-state index contributed by atoms with van der Waals surface area (Å²) in [5.74, 6) is -1.69. The van der Waals surface area contributed by atoms with Gasteiger partial charge in [0.2, 0.25) is 5.91 Å². The number of hydrogen-bond donors (Lipinski definition) is 3. The van der Waals surface area contributed by atoms with Gasteiger partial charge in [-0.15, -0.1) is 0 Å². The molecule has 0 aliphatic heterocycles. The van der Waals surface area contributed by atoms with Crippen molar-refractivity contribution in [3.05, 3.63) is 0 Å². The number of nitrogens with one attached hydrogen (secondary N) is 1. The summed E-state index contributed by atoms with van der Waals surface area (Å²) in [4.78, 5) is 21.8. The topological polar surface area (TPSA) is 92.4 Å². The monoisotopic (exact) mass is 216 g/mol. The fraction of sp³-hybridized carbons (Fsp3) is 0.800. The lowest BCUT2D eigenvalue weighted by Crippen LogP contribution is -2.51. The van der Waals surface area contributed by atoms with Gasteiger partial charge in [0.05, 0.1) is 0 Å². The molecule has 0 rings (SSSR count). The Balaban J connectivity index is 4.31. The largest absolute Gasteiger partial charge is 0.480 e. The highest BCUT2D eigenvalue weighted by Crippen LogP contribution is 2.12. The van der Waals surface area contributed by atoms with Crippen LogP contribution in [0.1, 0.15) is 33.6 Å². The van der Waals surface area contributed by atoms with Crippen molar-refractivity contribution in [3.8, 4) is 0 Å². The normalized spacial score (nSPS) is 16.7. The van der Waals surface area contributed by atoms with Crippen molar-refractivity contribution in [1.29, 1.82) is 0 Å². The van der Waals surface area contributed by atoms with E-state index >= 15 is 0 Å². The summed E-state index contributed by atoms with van der Waals surface area (Å²) < 4.78 is 0. The number of nitrogens with two attached hydrogens (primary N) is 1. The summed E-state index contributed by atoms with van der Waals surface area (Å²) in [6.07, 6.45) is 1.29. The number of amides is 1. The quantitative estimate of drug-likeness (QED) is 0.572. The second-order valence-electron chi connectivity index (χ2n) is 4.07. The molecule has 0 aromatic rings. The first-order chi connectivity index (χ1) is 6.83. The van der Waals surface area contributed by atoms with Crippen LogP contribution in [-0.2, 0) is 9.59 Å². The molecule has 15 heavy (non-hydrogen) atoms. The van der Waals surface area contributed by atoms with E-state index in [4.69, 9.17) is 10.8 Å². The van der Waals surface area contributed by atoms with Crippen LogP contribution < -0.4 is 11.1 Å². The molecule has 5 nitrogen and oxygen atoms in total. The Morgan fingerprint density at radius 3 is 2.40 bits per heavy atom. The number of carbonyl (C=O) groups excluding carboxylic acids is 1. The lowest BCUT2D eigenvalue weighted by molar-refractivity contribution is -0.144. The molecule has 2 unspecified atom stereocenters. The maximum Gasteiger partial charge on any atom is 0.323 e. The van der Waals surface area contributed by atoms with Crippen molar-refractivity contribution in [1.82, 2.24) is 5.32 Å². The Kier molecular flexibility index (Phi) is 5.28. The molecular weight excluding hydrogens is 196 g/mol. The average molecular weight is 216 g/mol. The SMILES string of the molecule is CCCC(C)(NCC(C)C(N)=O)C(=O)O. The minimum atomic E-state index is -0.974. The van der Waals surface area contributed by atoms with Crippen molar-refractivity contribution in [2.24, 2.45) is 11.7 Å². The molecule has 1 amide bonds. The fourth-order valence-electron chi connectivity index (χ4n) is 1.25. The minimum absolute atomic E-state index is 0.290. The molecule has 0 aromatic heterocycles. The third-order valence-corrected chi connectivity index (χ3v) is 2.51. The van der Waals surface area contributed by atoms with Gasteiger partial charge in [0.15, 0.2) is 0 Å². The summed E-state index contributed by atoms with van der Waals surface area (Å²) in [7, 11) is 0. The van der Waals surface area contributed by atoms with Gasteiger partial charge in [-0.1, -0.05) is 20.3 Å². The molecule has 0 bridgehead atoms. The van der Waals surface area contributed by atoms with Crippen molar-refractivity contribution < 1.29 is 14.7 Å². The van der Waals surface area contributed by atoms with E-state index in [2.05, 4.69) is 5.32 Å². The Labute approximate surface area is 90.0 Å². The van der Waals surface area contributed by atoms with E-state index in [1.807, 2.05) is 6.92 Å². The number of carboxylic acids is 1. The Morgan fingerprint density at radius 2 is 2.07 bits per heavy atom. The van der Waals surface area contributed by atoms with Crippen LogP contribution in [0.25, 0.3) is 0 Å². The lowest BCUT2D eigenvalue weighted by Gasteiger charge is -2.26. The maximum absolute atomic E-state index is 11.0. The third kappa shape index (κ3) is 4.29. The first-order valence-electron chi connectivity index (χ1n) is 5.11. The highest BCUT2D eigenvalue weighted by molar-refractivity contribution is 5.79. The summed E-state index contributed by atoms with van der Waals surface area (Å²) in [5.41, 5.74) is 4.12. The van der Waals surface area contributed by atoms with E-state index in [1.54, 1.807) is 13.8 Å². The van der Waals surface area contributed by atoms with Crippen LogP contribution in [0.4, 0.5) is 0 Å². The summed E-state index contributed by atoms with van der Waals surface area (Å²) in [5, 5.41) is 11.9. The number of hydrogen-bond acceptors (Lipinski definition) is 3. The Hall–Kier alpha value is -1.10. The van der Waals surface area contributed by atoms with Crippen LogP contribution in [-0.4, -0.2) is 29.1 Å². The second kappa shape index (κ2) is 5.70. The molecule has 4 N–H and O–H groups in total. The summed E-state index contributed by atoms with van der Waals surface area (Å²) in [6.45, 7) is 5.49. The molecule has 0 fully saturated rings. The number of rotatable bonds is 7. The van der Waals surface area contributed by atoms with Crippen LogP contribution in [0, 0.1) is 5.92 Å². The molecule has 0 saturated heterocycles. The molecule has 0 aliphatic rings. The smallest absolute Gasteiger partial charge is 0.323 e. The molecular formula is C10H20N2O3. The van der Waals surface area contributed by atoms with Crippen molar-refractivity contribution >= 4 is 11.9 Å². The molecule has 0 aromatic carbocycles. The zero-order valence-corrected chi connectivity index (χ0v) is 9.54. The molecule has 88 valence electrons. The van der Waals surface area contributed by atoms with E-state index in [0.29, 0.717) is 6.42 Å². The van der Waals surface area contributed by atoms with Crippen molar-refractivity contribution in [2.75, 3.05) is 6.54 Å². The van der Waals surface area contributed by atoms with Crippen molar-refractivity contribution in [2.45, 2.75) is 39.2 Å². The highest BCUT2D eigenvalue weighted by atomic mass is 16.4. The van der Waals surface area contributed by atoms with E-state index in [-0.39, 0.29) is 12.5 Å². The number of carbonyl (C=O) groups is 2. The Morgan fingerprint density at radius 1 is 1.53 bits per heavy atom. The molecule has 0 heterocycles. The van der Waals surface area contributed by atoms with Crippen LogP contribution in [0.3, 0.4) is 0 Å². The first kappa shape index (κ1) is 13.9. The van der Waals surface area contributed by atoms with E-state index in [1.165, 1.54) is 0 Å². The van der Waals surface area contributed by atoms with Gasteiger partial charge >= 0.3 is 5.97 Å². The van der Waals surface area contributed by atoms with Gasteiger partial charge in [-0.25, -0.2) is 0 Å². The predicted molar refractivity (Wildman–Crippen MR) is 57.3 cm³/mol. The van der Waals surface area contributed by atoms with Gasteiger partial charge in [-0.2, -0.15) is 0 Å². The second-order valence-corrected chi connectivity index (χ2v) is 4.07. The fourth-order valence-corrected chi connectivity index (χ4v) is 1.25. The van der Waals surface area contributed by atoms with Crippen LogP contribution in [0.5, 0.6) is 0 Å². The molecule has 0 spiro atoms. The zero-order valence-electron chi connectivity index (χ0n) is 9.54. The molecule has 2 atom stereocenters. The third-order valence-electron chi connectivity index (χ3n) is 2.51. The van der Waals surface area contributed by atoms with Gasteiger partial charge in [-0.3, -0.25) is 9.59 Å². The van der Waals surface area contributed by atoms with E-state index in [0.717, 1.165) is 6.42 Å². The van der Waals surface area contributed by atoms with Crippen LogP contribution in [0.15, 0.2) is 0 Å². The van der Waals surface area contributed by atoms with Gasteiger partial charge in [-0.05, 0) is 13.3 Å². The van der Waals surface area contributed by atoms with Gasteiger partial charge in [0, 0.05) is 12.5 Å². The standard InChI is InChI=1S/C10H20N2O3/c1-4-5-10(3,9(14)15)12-6-7(2)8(11)13/h7,12H,4-6H2,1-3H3,(H2,11,13)(H,14,15). The highest BCUT2D eigenvalue weighted by Gasteiger charge is 2.32. The predicted octanol–water partition coefficient (Wildman–Crippen LogP) is 0.341. The maximum atomic E-state index is 11.0. The first-order valence-corrected chi connectivity index (χ1v) is 5.11. The number of carboxylic acid groups (broad SMARTS) is 1. The van der Waals surface area contributed by atoms with Crippen LogP contribution >= 0.6 is 0 Å². The van der Waals surface area contributed by atoms with Gasteiger partial charge in [0.1, 0.15) is 5.54 Å². The van der Waals surface area contributed by atoms with Crippen molar-refractivity contribution in [3.63, 3.8) is 0 Å². The molecule has 0 radical (unpaired) electrons. The summed E-state index contributed by atoms with van der Waals surface area (Å²) >= 11 is 0. The van der Waals surface area contributed by atoms with Gasteiger partial charge < -0.3 is 16.2 Å². The molecule has 0 aliphatic carbocycles.